The third-order valence-electron chi connectivity index (χ3n) is 2.49. The van der Waals surface area contributed by atoms with Crippen molar-refractivity contribution in [2.75, 3.05) is 5.32 Å². The van der Waals surface area contributed by atoms with Crippen LogP contribution in [0.25, 0.3) is 0 Å². The van der Waals surface area contributed by atoms with Crippen LogP contribution in [0.1, 0.15) is 22.5 Å². The molecule has 0 spiro atoms. The number of rotatable bonds is 5. The number of carboxylic acid groups (broad SMARTS) is 1. The van der Waals surface area contributed by atoms with E-state index in [0.717, 1.165) is 5.56 Å². The van der Waals surface area contributed by atoms with Crippen LogP contribution in [0.2, 0.25) is 0 Å². The van der Waals surface area contributed by atoms with Crippen molar-refractivity contribution >= 4 is 17.6 Å². The molecule has 1 heterocycles. The Bertz CT molecular complexity index is 563. The van der Waals surface area contributed by atoms with Gasteiger partial charge in [0.15, 0.2) is 5.69 Å². The molecule has 0 fully saturated rings. The zero-order valence-corrected chi connectivity index (χ0v) is 9.96. The quantitative estimate of drug-likeness (QED) is 0.745. The van der Waals surface area contributed by atoms with Crippen molar-refractivity contribution in [1.82, 2.24) is 15.4 Å². The minimum absolute atomic E-state index is 0.0879. The van der Waals surface area contributed by atoms with Crippen LogP contribution >= 0.6 is 0 Å². The van der Waals surface area contributed by atoms with Gasteiger partial charge in [0.2, 0.25) is 0 Å². The lowest BCUT2D eigenvalue weighted by molar-refractivity contribution is -0.136. The number of carboxylic acids is 1. The number of aliphatic carboxylic acids is 1. The molecule has 1 aromatic carbocycles. The highest BCUT2D eigenvalue weighted by Crippen LogP contribution is 2.12. The number of H-pyrrole nitrogens is 1. The van der Waals surface area contributed by atoms with Crippen molar-refractivity contribution < 1.29 is 14.7 Å². The lowest BCUT2D eigenvalue weighted by Gasteiger charge is -2.04. The summed E-state index contributed by atoms with van der Waals surface area (Å²) >= 11 is 0. The Hall–Kier alpha value is -2.70. The van der Waals surface area contributed by atoms with Crippen molar-refractivity contribution in [3.8, 4) is 0 Å². The first-order chi connectivity index (χ1) is 9.15. The number of nitrogens with one attached hydrogen (secondary N) is 2. The molecule has 7 nitrogen and oxygen atoms in total. The highest BCUT2D eigenvalue weighted by Gasteiger charge is 2.08. The minimum Gasteiger partial charge on any atom is -0.481 e. The molecule has 2 rings (SSSR count). The SMILES string of the molecule is O=C(O)CCc1ccc(NC(=O)c2cn[nH]n2)cc1. The number of carbonyl (C=O) groups is 2. The maximum absolute atomic E-state index is 11.7. The molecule has 3 N–H and O–H groups in total. The van der Waals surface area contributed by atoms with E-state index in [2.05, 4.69) is 20.7 Å². The predicted octanol–water partition coefficient (Wildman–Crippen LogP) is 1.07. The standard InChI is InChI=1S/C12H12N4O3/c17-11(18)6-3-8-1-4-9(5-2-8)14-12(19)10-7-13-16-15-10/h1-2,4-5,7H,3,6H2,(H,14,19)(H,17,18)(H,13,15,16). The molecule has 0 aliphatic heterocycles. The van der Waals surface area contributed by atoms with Crippen molar-refractivity contribution in [3.63, 3.8) is 0 Å². The predicted molar refractivity (Wildman–Crippen MR) is 66.7 cm³/mol. The van der Waals surface area contributed by atoms with Crippen molar-refractivity contribution in [2.45, 2.75) is 12.8 Å². The van der Waals surface area contributed by atoms with E-state index in [0.29, 0.717) is 12.1 Å². The lowest BCUT2D eigenvalue weighted by atomic mass is 10.1. The van der Waals surface area contributed by atoms with Gasteiger partial charge in [-0.25, -0.2) is 0 Å². The summed E-state index contributed by atoms with van der Waals surface area (Å²) in [5, 5.41) is 20.8. The van der Waals surface area contributed by atoms with E-state index in [4.69, 9.17) is 5.11 Å². The van der Waals surface area contributed by atoms with Gasteiger partial charge < -0.3 is 10.4 Å². The van der Waals surface area contributed by atoms with Gasteiger partial charge in [0, 0.05) is 12.1 Å². The zero-order chi connectivity index (χ0) is 13.7. The molecule has 0 saturated carbocycles. The van der Waals surface area contributed by atoms with Crippen molar-refractivity contribution in [3.05, 3.63) is 41.7 Å². The van der Waals surface area contributed by atoms with Gasteiger partial charge in [-0.3, -0.25) is 9.59 Å². The molecule has 2 aromatic rings. The number of hydrogen-bond acceptors (Lipinski definition) is 4. The number of anilines is 1. The van der Waals surface area contributed by atoms with Crippen LogP contribution in [0.15, 0.2) is 30.5 Å². The van der Waals surface area contributed by atoms with E-state index < -0.39 is 5.97 Å². The van der Waals surface area contributed by atoms with E-state index in [9.17, 15) is 9.59 Å². The second-order valence-electron chi connectivity index (χ2n) is 3.90. The molecule has 1 amide bonds. The zero-order valence-electron chi connectivity index (χ0n) is 9.96. The number of aromatic nitrogens is 3. The van der Waals surface area contributed by atoms with Gasteiger partial charge in [-0.1, -0.05) is 12.1 Å². The molecule has 0 bridgehead atoms. The van der Waals surface area contributed by atoms with Crippen molar-refractivity contribution in [1.29, 1.82) is 0 Å². The highest BCUT2D eigenvalue weighted by atomic mass is 16.4. The Balaban J connectivity index is 1.95. The van der Waals surface area contributed by atoms with E-state index in [1.807, 2.05) is 0 Å². The summed E-state index contributed by atoms with van der Waals surface area (Å²) in [5.41, 5.74) is 1.73. The monoisotopic (exact) mass is 260 g/mol. The maximum Gasteiger partial charge on any atom is 0.303 e. The van der Waals surface area contributed by atoms with Gasteiger partial charge in [0.05, 0.1) is 6.20 Å². The molecule has 0 aliphatic rings. The number of aryl methyl sites for hydroxylation is 1. The van der Waals surface area contributed by atoms with Crippen LogP contribution in [-0.4, -0.2) is 32.4 Å². The summed E-state index contributed by atoms with van der Waals surface area (Å²) in [5.74, 6) is -1.18. The number of nitrogens with zero attached hydrogens (tertiary/aromatic N) is 2. The van der Waals surface area contributed by atoms with Gasteiger partial charge in [-0.05, 0) is 24.1 Å². The smallest absolute Gasteiger partial charge is 0.303 e. The fourth-order valence-corrected chi connectivity index (χ4v) is 1.51. The Morgan fingerprint density at radius 2 is 2.00 bits per heavy atom. The molecule has 0 unspecified atom stereocenters. The van der Waals surface area contributed by atoms with E-state index >= 15 is 0 Å². The van der Waals surface area contributed by atoms with E-state index in [1.54, 1.807) is 24.3 Å². The maximum atomic E-state index is 11.7. The van der Waals surface area contributed by atoms with Gasteiger partial charge in [0.25, 0.3) is 5.91 Å². The van der Waals surface area contributed by atoms with Crippen molar-refractivity contribution in [2.24, 2.45) is 0 Å². The third kappa shape index (κ3) is 3.63. The van der Waals surface area contributed by atoms with Crippen LogP contribution in [0.5, 0.6) is 0 Å². The minimum atomic E-state index is -0.830. The van der Waals surface area contributed by atoms with Crippen LogP contribution in [0.4, 0.5) is 5.69 Å². The van der Waals surface area contributed by atoms with E-state index in [-0.39, 0.29) is 18.0 Å². The Labute approximate surface area is 108 Å². The average molecular weight is 260 g/mol. The summed E-state index contributed by atoms with van der Waals surface area (Å²) in [6.07, 6.45) is 1.88. The topological polar surface area (TPSA) is 108 Å². The number of benzene rings is 1. The number of carbonyl (C=O) groups excluding carboxylic acids is 1. The molecule has 7 heteroatoms. The van der Waals surface area contributed by atoms with Crippen LogP contribution in [0.3, 0.4) is 0 Å². The average Bonchev–Trinajstić information content (AvgIpc) is 2.92. The first-order valence-electron chi connectivity index (χ1n) is 5.63. The first-order valence-corrected chi connectivity index (χ1v) is 5.63. The van der Waals surface area contributed by atoms with Crippen LogP contribution in [0, 0.1) is 0 Å². The molecular weight excluding hydrogens is 248 g/mol. The van der Waals surface area contributed by atoms with Gasteiger partial charge in [-0.15, -0.1) is 0 Å². The molecule has 0 atom stereocenters. The summed E-state index contributed by atoms with van der Waals surface area (Å²) < 4.78 is 0. The molecular formula is C12H12N4O3. The summed E-state index contributed by atoms with van der Waals surface area (Å²) in [6, 6.07) is 6.99. The second-order valence-corrected chi connectivity index (χ2v) is 3.90. The molecule has 1 aromatic heterocycles. The normalized spacial score (nSPS) is 10.1. The lowest BCUT2D eigenvalue weighted by Crippen LogP contribution is -2.12. The summed E-state index contributed by atoms with van der Waals surface area (Å²) in [6.45, 7) is 0. The Morgan fingerprint density at radius 3 is 2.58 bits per heavy atom. The molecule has 19 heavy (non-hydrogen) atoms. The van der Waals surface area contributed by atoms with Gasteiger partial charge >= 0.3 is 5.97 Å². The van der Waals surface area contributed by atoms with Crippen LogP contribution in [-0.2, 0) is 11.2 Å². The number of aromatic amines is 1. The Morgan fingerprint density at radius 1 is 1.26 bits per heavy atom. The molecule has 0 radical (unpaired) electrons. The fraction of sp³-hybridized carbons (Fsp3) is 0.167. The highest BCUT2D eigenvalue weighted by molar-refractivity contribution is 6.02. The van der Waals surface area contributed by atoms with Crippen LogP contribution < -0.4 is 5.32 Å². The Kier molecular flexibility index (Phi) is 3.87. The van der Waals surface area contributed by atoms with Gasteiger partial charge in [-0.2, -0.15) is 15.4 Å². The largest absolute Gasteiger partial charge is 0.481 e. The fourth-order valence-electron chi connectivity index (χ4n) is 1.51. The number of hydrogen-bond donors (Lipinski definition) is 3. The molecule has 0 aliphatic carbocycles. The summed E-state index contributed by atoms with van der Waals surface area (Å²) in [7, 11) is 0. The molecule has 0 saturated heterocycles. The van der Waals surface area contributed by atoms with Gasteiger partial charge in [0.1, 0.15) is 0 Å². The third-order valence-corrected chi connectivity index (χ3v) is 2.49. The second kappa shape index (κ2) is 5.76. The van der Waals surface area contributed by atoms with E-state index in [1.165, 1.54) is 6.20 Å². The molecule has 98 valence electrons. The first kappa shape index (κ1) is 12.7. The number of amides is 1. The summed E-state index contributed by atoms with van der Waals surface area (Å²) in [4.78, 5) is 22.1.